The first-order valence-corrected chi connectivity index (χ1v) is 19.5. The molecule has 0 N–H and O–H groups in total. The normalized spacial score (nSPS) is 14.4. The van der Waals surface area contributed by atoms with Crippen molar-refractivity contribution >= 4 is 28.0 Å². The van der Waals surface area contributed by atoms with Crippen LogP contribution in [0.4, 0.5) is 11.4 Å². The summed E-state index contributed by atoms with van der Waals surface area (Å²) in [6.45, 7) is 47.8. The van der Waals surface area contributed by atoms with Gasteiger partial charge in [-0.25, -0.2) is 9.69 Å². The topological polar surface area (TPSA) is 45.6 Å². The highest BCUT2D eigenvalue weighted by molar-refractivity contribution is 6.74. The van der Waals surface area contributed by atoms with Crippen molar-refractivity contribution < 1.29 is 18.3 Å². The third kappa shape index (κ3) is 8.58. The van der Waals surface area contributed by atoms with E-state index in [4.69, 9.17) is 31.5 Å². The monoisotopic (exact) mass is 560 g/mol. The summed E-state index contributed by atoms with van der Waals surface area (Å²) >= 11 is 0. The third-order valence-corrected chi connectivity index (χ3v) is 17.1. The Hall–Kier alpha value is -1.85. The van der Waals surface area contributed by atoms with Gasteiger partial charge in [0.25, 0.3) is 0 Å². The zero-order valence-electron chi connectivity index (χ0n) is 26.5. The minimum atomic E-state index is -1.85. The lowest BCUT2D eigenvalue weighted by atomic mass is 10.0. The first kappa shape index (κ1) is 34.2. The van der Waals surface area contributed by atoms with Gasteiger partial charge in [-0.3, -0.25) is 0 Å². The van der Waals surface area contributed by atoms with Crippen LogP contribution >= 0.6 is 0 Å². The van der Waals surface area contributed by atoms with Crippen molar-refractivity contribution in [1.82, 2.24) is 0 Å². The van der Waals surface area contributed by atoms with Crippen molar-refractivity contribution in [2.45, 2.75) is 106 Å². The fourth-order valence-corrected chi connectivity index (χ4v) is 5.48. The number of hydrogen-bond donors (Lipinski definition) is 0. The second-order valence-electron chi connectivity index (χ2n) is 13.8. The number of rotatable bonds is 12. The summed E-state index contributed by atoms with van der Waals surface area (Å²) < 4.78 is 25.5. The molecule has 38 heavy (non-hydrogen) atoms. The van der Waals surface area contributed by atoms with Crippen LogP contribution < -0.4 is 9.47 Å². The van der Waals surface area contributed by atoms with Crippen LogP contribution in [0.5, 0.6) is 11.5 Å². The second-order valence-corrected chi connectivity index (χ2v) is 23.4. The van der Waals surface area contributed by atoms with Gasteiger partial charge in [0.2, 0.25) is 11.4 Å². The summed E-state index contributed by atoms with van der Waals surface area (Å²) in [5, 5.41) is 0.292. The summed E-state index contributed by atoms with van der Waals surface area (Å²) in [5.74, 6) is 1.42. The number of hydrogen-bond acceptors (Lipinski definition) is 4. The molecular weight excluding hydrogens is 509 g/mol. The fourth-order valence-electron chi connectivity index (χ4n) is 3.21. The number of ether oxygens (including phenoxy) is 2. The van der Waals surface area contributed by atoms with Gasteiger partial charge in [-0.05, 0) is 61.2 Å². The van der Waals surface area contributed by atoms with Crippen molar-refractivity contribution in [2.24, 2.45) is 11.8 Å². The van der Waals surface area contributed by atoms with E-state index in [9.17, 15) is 0 Å². The van der Waals surface area contributed by atoms with Gasteiger partial charge >= 0.3 is 0 Å². The Morgan fingerprint density at radius 1 is 0.632 bits per heavy atom. The molecule has 0 spiro atoms. The highest BCUT2D eigenvalue weighted by atomic mass is 28.4. The SMILES string of the molecule is [C-]#[N+]c1c(C)c(OC[C@@H](C)CO[Si](C)(C)C(C)(C)C)c(OC[C@@H](C)CO[Si](C)(C)C(C)(C)C)c(C)c1[N+]#[C-]. The Kier molecular flexibility index (Phi) is 11.7. The van der Waals surface area contributed by atoms with E-state index in [1.54, 1.807) is 0 Å². The van der Waals surface area contributed by atoms with E-state index in [0.29, 0.717) is 60.4 Å². The number of benzene rings is 1. The van der Waals surface area contributed by atoms with Crippen LogP contribution in [-0.4, -0.2) is 43.1 Å². The first-order chi connectivity index (χ1) is 17.2. The quantitative estimate of drug-likeness (QED) is 0.189. The van der Waals surface area contributed by atoms with Gasteiger partial charge in [-0.15, -0.1) is 0 Å². The molecule has 1 aromatic carbocycles. The average Bonchev–Trinajstić information content (AvgIpc) is 2.79. The molecule has 0 bridgehead atoms. The van der Waals surface area contributed by atoms with Crippen molar-refractivity contribution in [3.8, 4) is 11.5 Å². The first-order valence-electron chi connectivity index (χ1n) is 13.7. The maximum atomic E-state index is 7.69. The minimum Gasteiger partial charge on any atom is -0.490 e. The third-order valence-electron chi connectivity index (χ3n) is 8.14. The maximum absolute atomic E-state index is 7.69. The summed E-state index contributed by atoms with van der Waals surface area (Å²) in [4.78, 5) is 7.33. The van der Waals surface area contributed by atoms with E-state index >= 15 is 0 Å². The van der Waals surface area contributed by atoms with Gasteiger partial charge in [0.15, 0.2) is 28.1 Å². The molecule has 214 valence electrons. The lowest BCUT2D eigenvalue weighted by Crippen LogP contribution is -2.42. The Morgan fingerprint density at radius 2 is 0.921 bits per heavy atom. The van der Waals surface area contributed by atoms with Crippen LogP contribution in [0.15, 0.2) is 0 Å². The summed E-state index contributed by atoms with van der Waals surface area (Å²) in [6, 6.07) is 0. The van der Waals surface area contributed by atoms with Gasteiger partial charge in [-0.2, -0.15) is 0 Å². The van der Waals surface area contributed by atoms with E-state index < -0.39 is 16.6 Å². The zero-order valence-corrected chi connectivity index (χ0v) is 28.5. The van der Waals surface area contributed by atoms with Gasteiger partial charge in [0, 0.05) is 25.0 Å². The molecule has 0 aliphatic carbocycles. The molecule has 0 aliphatic rings. The second kappa shape index (κ2) is 13.0. The van der Waals surface area contributed by atoms with Crippen LogP contribution in [0.3, 0.4) is 0 Å². The van der Waals surface area contributed by atoms with Crippen molar-refractivity contribution in [1.29, 1.82) is 0 Å². The van der Waals surface area contributed by atoms with Gasteiger partial charge in [0.1, 0.15) is 0 Å². The van der Waals surface area contributed by atoms with Crippen molar-refractivity contribution in [3.63, 3.8) is 0 Å². The molecule has 0 heterocycles. The van der Waals surface area contributed by atoms with E-state index in [1.807, 2.05) is 13.8 Å². The van der Waals surface area contributed by atoms with Crippen molar-refractivity contribution in [3.05, 3.63) is 34.0 Å². The fraction of sp³-hybridized carbons (Fsp3) is 0.733. The van der Waals surface area contributed by atoms with Gasteiger partial charge in [-0.1, -0.05) is 55.4 Å². The smallest absolute Gasteiger partial charge is 0.201 e. The Bertz CT molecular complexity index is 958. The molecule has 8 heteroatoms. The van der Waals surface area contributed by atoms with E-state index in [1.165, 1.54) is 0 Å². The summed E-state index contributed by atoms with van der Waals surface area (Å²) in [6.07, 6.45) is 0. The average molecular weight is 561 g/mol. The zero-order chi connectivity index (χ0) is 29.7. The molecule has 0 saturated carbocycles. The summed E-state index contributed by atoms with van der Waals surface area (Å²) in [7, 11) is -3.71. The van der Waals surface area contributed by atoms with Crippen molar-refractivity contribution in [2.75, 3.05) is 26.4 Å². The predicted molar refractivity (Wildman–Crippen MR) is 164 cm³/mol. The minimum absolute atomic E-state index is 0.146. The highest BCUT2D eigenvalue weighted by Crippen LogP contribution is 2.48. The molecule has 6 nitrogen and oxygen atoms in total. The largest absolute Gasteiger partial charge is 0.490 e. The van der Waals surface area contributed by atoms with Crippen LogP contribution in [0.2, 0.25) is 36.3 Å². The molecule has 0 radical (unpaired) electrons. The van der Waals surface area contributed by atoms with E-state index in [-0.39, 0.29) is 21.9 Å². The molecule has 2 atom stereocenters. The van der Waals surface area contributed by atoms with E-state index in [0.717, 1.165) is 0 Å². The van der Waals surface area contributed by atoms with Gasteiger partial charge < -0.3 is 18.3 Å². The Labute approximate surface area is 235 Å². The molecule has 0 saturated heterocycles. The van der Waals surface area contributed by atoms with Crippen LogP contribution in [0.1, 0.15) is 66.5 Å². The van der Waals surface area contributed by atoms with E-state index in [2.05, 4.69) is 91.3 Å². The van der Waals surface area contributed by atoms with Crippen LogP contribution in [-0.2, 0) is 8.85 Å². The maximum Gasteiger partial charge on any atom is 0.201 e. The molecule has 0 fully saturated rings. The summed E-state index contributed by atoms with van der Waals surface area (Å²) in [5.41, 5.74) is 1.96. The molecular formula is C30H52N2O4Si2. The Balaban J connectivity index is 3.12. The van der Waals surface area contributed by atoms with Gasteiger partial charge in [0.05, 0.1) is 26.4 Å². The molecule has 0 unspecified atom stereocenters. The lowest BCUT2D eigenvalue weighted by Gasteiger charge is -2.37. The molecule has 0 amide bonds. The molecule has 0 aromatic heterocycles. The lowest BCUT2D eigenvalue weighted by molar-refractivity contribution is 0.158. The highest BCUT2D eigenvalue weighted by Gasteiger charge is 2.38. The number of nitrogens with zero attached hydrogens (tertiary/aromatic N) is 2. The standard InChI is InChI=1S/C30H52N2O4Si2/c1-21(19-35-37(13,14)29(5,6)7)17-33-27-23(3)25(31-11)26(32-12)24(4)28(27)34-18-22(2)20-36-38(15,16)30(8,9)10/h21-22H,17-20H2,1-10,13-16H3/t21-,22-/m1/s1. The Morgan fingerprint density at radius 3 is 1.16 bits per heavy atom. The molecule has 0 aliphatic heterocycles. The molecule has 1 rings (SSSR count). The molecule has 1 aromatic rings. The predicted octanol–water partition coefficient (Wildman–Crippen LogP) is 9.48. The van der Waals surface area contributed by atoms with Crippen LogP contribution in [0, 0.1) is 38.8 Å². The van der Waals surface area contributed by atoms with Crippen LogP contribution in [0.25, 0.3) is 9.69 Å².